The molecule has 0 spiro atoms. The summed E-state index contributed by atoms with van der Waals surface area (Å²) < 4.78 is 5.37. The SMILES string of the molecule is C/C1=C/COC[C@@H](C)[C@@H](O)CC1. The predicted octanol–water partition coefficient (Wildman–Crippen LogP) is 1.74. The number of hydrogen-bond donors (Lipinski definition) is 1. The van der Waals surface area contributed by atoms with Gasteiger partial charge in [-0.2, -0.15) is 0 Å². The smallest absolute Gasteiger partial charge is 0.0650 e. The number of aliphatic hydroxyl groups is 1. The maximum Gasteiger partial charge on any atom is 0.0650 e. The van der Waals surface area contributed by atoms with Gasteiger partial charge in [-0.1, -0.05) is 18.6 Å². The molecule has 0 saturated heterocycles. The molecule has 0 aromatic carbocycles. The first-order valence-corrected chi connectivity index (χ1v) is 4.61. The van der Waals surface area contributed by atoms with Gasteiger partial charge in [-0.25, -0.2) is 0 Å². The van der Waals surface area contributed by atoms with Crippen molar-refractivity contribution in [3.63, 3.8) is 0 Å². The van der Waals surface area contributed by atoms with Crippen LogP contribution in [0.2, 0.25) is 0 Å². The quantitative estimate of drug-likeness (QED) is 0.561. The lowest BCUT2D eigenvalue weighted by Gasteiger charge is -2.16. The molecule has 1 aliphatic heterocycles. The Bertz CT molecular complexity index is 163. The molecule has 0 aliphatic carbocycles. The van der Waals surface area contributed by atoms with E-state index in [1.54, 1.807) is 0 Å². The van der Waals surface area contributed by atoms with Crippen LogP contribution in [0.25, 0.3) is 0 Å². The van der Waals surface area contributed by atoms with Crippen LogP contribution in [0.5, 0.6) is 0 Å². The van der Waals surface area contributed by atoms with Gasteiger partial charge in [0.15, 0.2) is 0 Å². The summed E-state index contributed by atoms with van der Waals surface area (Å²) in [6.45, 7) is 5.49. The third-order valence-electron chi connectivity index (χ3n) is 2.42. The normalized spacial score (nSPS) is 37.4. The highest BCUT2D eigenvalue weighted by atomic mass is 16.5. The molecule has 0 unspecified atom stereocenters. The van der Waals surface area contributed by atoms with Gasteiger partial charge in [-0.15, -0.1) is 0 Å². The maximum atomic E-state index is 9.62. The Morgan fingerprint density at radius 1 is 1.58 bits per heavy atom. The second-order valence-corrected chi connectivity index (χ2v) is 3.67. The number of ether oxygens (including phenoxy) is 1. The first-order chi connectivity index (χ1) is 5.70. The first-order valence-electron chi connectivity index (χ1n) is 4.61. The lowest BCUT2D eigenvalue weighted by molar-refractivity contribution is 0.0440. The van der Waals surface area contributed by atoms with E-state index in [2.05, 4.69) is 13.0 Å². The minimum Gasteiger partial charge on any atom is -0.393 e. The molecule has 0 bridgehead atoms. The van der Waals surface area contributed by atoms with Gasteiger partial charge in [-0.3, -0.25) is 0 Å². The fraction of sp³-hybridized carbons (Fsp3) is 0.800. The fourth-order valence-corrected chi connectivity index (χ4v) is 1.33. The molecule has 0 fully saturated rings. The van der Waals surface area contributed by atoms with E-state index in [0.717, 1.165) is 12.8 Å². The zero-order valence-corrected chi connectivity index (χ0v) is 7.92. The summed E-state index contributed by atoms with van der Waals surface area (Å²) in [6, 6.07) is 0. The van der Waals surface area contributed by atoms with Crippen molar-refractivity contribution in [1.29, 1.82) is 0 Å². The van der Waals surface area contributed by atoms with Gasteiger partial charge in [0.2, 0.25) is 0 Å². The van der Waals surface area contributed by atoms with Crippen LogP contribution in [0.4, 0.5) is 0 Å². The van der Waals surface area contributed by atoms with E-state index in [1.165, 1.54) is 5.57 Å². The standard InChI is InChI=1S/C10H18O2/c1-8-3-4-10(11)9(2)7-12-6-5-8/h5,9-11H,3-4,6-7H2,1-2H3/b8-5-/t9-,10+/m1/s1. The highest BCUT2D eigenvalue weighted by Crippen LogP contribution is 2.15. The third-order valence-corrected chi connectivity index (χ3v) is 2.42. The lowest BCUT2D eigenvalue weighted by Crippen LogP contribution is -2.21. The zero-order chi connectivity index (χ0) is 8.97. The number of allylic oxidation sites excluding steroid dienone is 1. The summed E-state index contributed by atoms with van der Waals surface area (Å²) in [5.74, 6) is 0.268. The third kappa shape index (κ3) is 2.95. The summed E-state index contributed by atoms with van der Waals surface area (Å²) >= 11 is 0. The van der Waals surface area contributed by atoms with Crippen LogP contribution in [0.3, 0.4) is 0 Å². The fourth-order valence-electron chi connectivity index (χ4n) is 1.33. The number of aliphatic hydroxyl groups excluding tert-OH is 1. The monoisotopic (exact) mass is 170 g/mol. The summed E-state index contributed by atoms with van der Waals surface area (Å²) in [7, 11) is 0. The molecular weight excluding hydrogens is 152 g/mol. The van der Waals surface area contributed by atoms with Crippen LogP contribution in [0.15, 0.2) is 11.6 Å². The Morgan fingerprint density at radius 3 is 3.08 bits per heavy atom. The summed E-state index contributed by atoms with van der Waals surface area (Å²) in [6.07, 6.45) is 3.76. The molecule has 0 radical (unpaired) electrons. The van der Waals surface area contributed by atoms with Crippen molar-refractivity contribution in [1.82, 2.24) is 0 Å². The molecule has 1 rings (SSSR count). The van der Waals surface area contributed by atoms with E-state index in [-0.39, 0.29) is 12.0 Å². The molecule has 2 atom stereocenters. The molecule has 0 aromatic rings. The molecule has 1 heterocycles. The summed E-state index contributed by atoms with van der Waals surface area (Å²) in [5, 5.41) is 9.62. The average Bonchev–Trinajstić information content (AvgIpc) is 2.11. The molecule has 0 amide bonds. The highest BCUT2D eigenvalue weighted by molar-refractivity contribution is 4.99. The molecule has 70 valence electrons. The van der Waals surface area contributed by atoms with Crippen molar-refractivity contribution < 1.29 is 9.84 Å². The molecule has 12 heavy (non-hydrogen) atoms. The van der Waals surface area contributed by atoms with E-state index in [4.69, 9.17) is 4.74 Å². The minimum atomic E-state index is -0.202. The van der Waals surface area contributed by atoms with E-state index >= 15 is 0 Å². The van der Waals surface area contributed by atoms with Gasteiger partial charge in [0.25, 0.3) is 0 Å². The summed E-state index contributed by atoms with van der Waals surface area (Å²) in [4.78, 5) is 0. The van der Waals surface area contributed by atoms with Gasteiger partial charge >= 0.3 is 0 Å². The van der Waals surface area contributed by atoms with Gasteiger partial charge in [0, 0.05) is 5.92 Å². The van der Waals surface area contributed by atoms with Gasteiger partial charge < -0.3 is 9.84 Å². The molecule has 0 saturated carbocycles. The van der Waals surface area contributed by atoms with Crippen LogP contribution in [-0.4, -0.2) is 24.4 Å². The molecule has 2 nitrogen and oxygen atoms in total. The Kier molecular flexibility index (Phi) is 3.76. The lowest BCUT2D eigenvalue weighted by atomic mass is 9.99. The van der Waals surface area contributed by atoms with Crippen LogP contribution in [0, 0.1) is 5.92 Å². The van der Waals surface area contributed by atoms with Crippen LogP contribution < -0.4 is 0 Å². The molecule has 1 N–H and O–H groups in total. The van der Waals surface area contributed by atoms with Crippen molar-refractivity contribution in [3.8, 4) is 0 Å². The van der Waals surface area contributed by atoms with Crippen LogP contribution in [-0.2, 0) is 4.74 Å². The maximum absolute atomic E-state index is 9.62. The minimum absolute atomic E-state index is 0.202. The zero-order valence-electron chi connectivity index (χ0n) is 7.92. The Hall–Kier alpha value is -0.340. The predicted molar refractivity (Wildman–Crippen MR) is 49.0 cm³/mol. The first kappa shape index (κ1) is 9.75. The molecule has 1 aliphatic rings. The van der Waals surface area contributed by atoms with Gasteiger partial charge in [-0.05, 0) is 19.8 Å². The number of hydrogen-bond acceptors (Lipinski definition) is 2. The average molecular weight is 170 g/mol. The Morgan fingerprint density at radius 2 is 2.33 bits per heavy atom. The second kappa shape index (κ2) is 4.63. The van der Waals surface area contributed by atoms with E-state index in [1.807, 2.05) is 6.92 Å². The van der Waals surface area contributed by atoms with Crippen molar-refractivity contribution in [2.75, 3.05) is 13.2 Å². The number of rotatable bonds is 0. The van der Waals surface area contributed by atoms with Crippen LogP contribution >= 0.6 is 0 Å². The van der Waals surface area contributed by atoms with Crippen molar-refractivity contribution in [2.45, 2.75) is 32.8 Å². The highest BCUT2D eigenvalue weighted by Gasteiger charge is 2.15. The second-order valence-electron chi connectivity index (χ2n) is 3.67. The van der Waals surface area contributed by atoms with E-state index in [0.29, 0.717) is 13.2 Å². The Balaban J connectivity index is 2.47. The van der Waals surface area contributed by atoms with Gasteiger partial charge in [0.1, 0.15) is 0 Å². The van der Waals surface area contributed by atoms with E-state index in [9.17, 15) is 5.11 Å². The van der Waals surface area contributed by atoms with Crippen molar-refractivity contribution in [3.05, 3.63) is 11.6 Å². The largest absolute Gasteiger partial charge is 0.393 e. The summed E-state index contributed by atoms with van der Waals surface area (Å²) in [5.41, 5.74) is 1.32. The van der Waals surface area contributed by atoms with Gasteiger partial charge in [0.05, 0.1) is 19.3 Å². The van der Waals surface area contributed by atoms with E-state index < -0.39 is 0 Å². The Labute approximate surface area is 74.2 Å². The molecular formula is C10H18O2. The van der Waals surface area contributed by atoms with Crippen molar-refractivity contribution in [2.24, 2.45) is 5.92 Å². The van der Waals surface area contributed by atoms with Crippen molar-refractivity contribution >= 4 is 0 Å². The topological polar surface area (TPSA) is 29.5 Å². The molecule has 2 heteroatoms. The van der Waals surface area contributed by atoms with Crippen LogP contribution in [0.1, 0.15) is 26.7 Å². The molecule has 0 aromatic heterocycles.